The Balaban J connectivity index is 0.000000149. The maximum atomic E-state index is 12.1. The highest BCUT2D eigenvalue weighted by Gasteiger charge is 2.17. The van der Waals surface area contributed by atoms with Crippen molar-refractivity contribution in [1.29, 1.82) is 0 Å². The van der Waals surface area contributed by atoms with E-state index in [4.69, 9.17) is 49.0 Å². The van der Waals surface area contributed by atoms with E-state index >= 15 is 0 Å². The van der Waals surface area contributed by atoms with E-state index in [0.717, 1.165) is 23.8 Å². The fourth-order valence-corrected chi connectivity index (χ4v) is 7.58. The van der Waals surface area contributed by atoms with Crippen molar-refractivity contribution in [2.24, 2.45) is 0 Å². The topological polar surface area (TPSA) is 208 Å². The first-order valence-electron chi connectivity index (χ1n) is 19.9. The first kappa shape index (κ1) is 47.8. The van der Waals surface area contributed by atoms with Crippen molar-refractivity contribution in [1.82, 2.24) is 34.9 Å². The van der Waals surface area contributed by atoms with E-state index < -0.39 is 0 Å². The highest BCUT2D eigenvalue weighted by molar-refractivity contribution is 7.11. The van der Waals surface area contributed by atoms with Gasteiger partial charge < -0.3 is 35.1 Å². The van der Waals surface area contributed by atoms with Gasteiger partial charge in [-0.05, 0) is 85.8 Å². The summed E-state index contributed by atoms with van der Waals surface area (Å²) >= 11 is 21.3. The Morgan fingerprint density at radius 2 is 1.13 bits per heavy atom. The maximum absolute atomic E-state index is 12.1. The van der Waals surface area contributed by atoms with Gasteiger partial charge in [0.2, 0.25) is 0 Å². The lowest BCUT2D eigenvalue weighted by molar-refractivity contribution is 0.101. The van der Waals surface area contributed by atoms with Crippen LogP contribution in [0.15, 0.2) is 133 Å². The summed E-state index contributed by atoms with van der Waals surface area (Å²) in [6.45, 7) is 4.89. The molecule has 0 aliphatic carbocycles. The molecule has 3 amide bonds. The van der Waals surface area contributed by atoms with E-state index in [2.05, 4.69) is 55.7 Å². The molecule has 3 N–H and O–H groups in total. The fourth-order valence-electron chi connectivity index (χ4n) is 5.72. The molecule has 8 aromatic rings. The van der Waals surface area contributed by atoms with Crippen LogP contribution in [0.25, 0.3) is 0 Å². The van der Waals surface area contributed by atoms with E-state index in [1.165, 1.54) is 22.7 Å². The summed E-state index contributed by atoms with van der Waals surface area (Å²) in [5.41, 5.74) is 3.45. The van der Waals surface area contributed by atoms with Crippen molar-refractivity contribution in [3.63, 3.8) is 0 Å². The number of carbonyl (C=O) groups is 3. The molecule has 17 nitrogen and oxygen atoms in total. The lowest BCUT2D eigenvalue weighted by atomic mass is 10.2. The Morgan fingerprint density at radius 1 is 0.597 bits per heavy atom. The first-order chi connectivity index (χ1) is 32.6. The molecule has 1 aliphatic heterocycles. The van der Waals surface area contributed by atoms with Gasteiger partial charge in [0, 0.05) is 78.1 Å². The molecule has 1 aliphatic rings. The van der Waals surface area contributed by atoms with Gasteiger partial charge in [0.1, 0.15) is 22.9 Å². The number of ether oxygens (including phenoxy) is 3. The molecule has 0 spiro atoms. The SMILES string of the molecule is Cc1nc(C(=O)Nc2ccc(Oc3ncccn3)c(Cl)c2)cs1.O=C(Nc1ccc(N2CCOCC2)c(Cl)c1)c1ccccn1.O=C(Nc1ccc(Oc2ncccn2)c(Cl)c1)c1nccs1. The predicted octanol–water partition coefficient (Wildman–Crippen LogP) is 10.4. The molecule has 9 rings (SSSR count). The van der Waals surface area contributed by atoms with Crippen molar-refractivity contribution < 1.29 is 28.6 Å². The monoisotopic (exact) mass is 995 g/mol. The molecule has 1 fully saturated rings. The van der Waals surface area contributed by atoms with Gasteiger partial charge >= 0.3 is 12.0 Å². The van der Waals surface area contributed by atoms with Crippen LogP contribution in [0.5, 0.6) is 23.5 Å². The second-order valence-electron chi connectivity index (χ2n) is 13.5. The van der Waals surface area contributed by atoms with Crippen molar-refractivity contribution in [2.45, 2.75) is 6.92 Å². The van der Waals surface area contributed by atoms with Crippen LogP contribution in [0.4, 0.5) is 22.7 Å². The summed E-state index contributed by atoms with van der Waals surface area (Å²) in [5.74, 6) is -0.0205. The molecular weight excluding hydrogens is 961 g/mol. The van der Waals surface area contributed by atoms with Gasteiger partial charge in [-0.2, -0.15) is 0 Å². The summed E-state index contributed by atoms with van der Waals surface area (Å²) in [4.78, 5) is 66.1. The lowest BCUT2D eigenvalue weighted by Crippen LogP contribution is -2.36. The Morgan fingerprint density at radius 3 is 1.63 bits per heavy atom. The highest BCUT2D eigenvalue weighted by atomic mass is 35.5. The number of hydrogen-bond donors (Lipinski definition) is 3. The summed E-state index contributed by atoms with van der Waals surface area (Å²) in [6.07, 6.45) is 9.44. The van der Waals surface area contributed by atoms with Gasteiger partial charge in [-0.15, -0.1) is 22.7 Å². The zero-order valence-corrected chi connectivity index (χ0v) is 38.9. The van der Waals surface area contributed by atoms with E-state index in [1.807, 2.05) is 19.1 Å². The summed E-state index contributed by atoms with van der Waals surface area (Å²) in [6, 6.07) is 24.3. The molecule has 1 saturated heterocycles. The molecule has 67 heavy (non-hydrogen) atoms. The van der Waals surface area contributed by atoms with Gasteiger partial charge in [0.15, 0.2) is 5.01 Å². The fraction of sp³-hybridized carbons (Fsp3) is 0.111. The van der Waals surface area contributed by atoms with E-state index in [-0.39, 0.29) is 29.7 Å². The number of hydrogen-bond acceptors (Lipinski definition) is 16. The minimum absolute atomic E-state index is 0.198. The van der Waals surface area contributed by atoms with Crippen molar-refractivity contribution >= 4 is 97.9 Å². The third kappa shape index (κ3) is 14.2. The standard InChI is InChI=1S/C16H16ClN3O2.C15H11ClN4O2S.C14H9ClN4O2S/c17-13-11-12(19-16(21)14-3-1-2-6-18-14)4-5-15(13)20-7-9-22-10-8-20;1-9-19-12(8-23-9)14(21)20-10-3-4-13(11(16)7-10)22-15-17-5-2-6-18-15;15-10-8-9(19-12(20)13-16-6-7-22-13)2-3-11(10)21-14-17-4-1-5-18-14/h1-6,11H,7-10H2,(H,19,21);2-8H,1H3,(H,20,21);1-8H,(H,19,20). The molecular formula is C45H36Cl3N11O6S2. The van der Waals surface area contributed by atoms with Crippen molar-refractivity contribution in [3.8, 4) is 23.5 Å². The average molecular weight is 997 g/mol. The zero-order valence-electron chi connectivity index (χ0n) is 35.0. The number of carbonyl (C=O) groups excluding carboxylic acids is 3. The summed E-state index contributed by atoms with van der Waals surface area (Å²) < 4.78 is 16.3. The zero-order chi connectivity index (χ0) is 47.0. The number of nitrogens with one attached hydrogen (secondary N) is 3. The molecule has 340 valence electrons. The van der Waals surface area contributed by atoms with Crippen LogP contribution < -0.4 is 30.3 Å². The van der Waals surface area contributed by atoms with Crippen molar-refractivity contribution in [2.75, 3.05) is 47.2 Å². The third-order valence-corrected chi connectivity index (χ3v) is 11.2. The molecule has 22 heteroatoms. The summed E-state index contributed by atoms with van der Waals surface area (Å²) in [5, 5.41) is 14.2. The summed E-state index contributed by atoms with van der Waals surface area (Å²) in [7, 11) is 0. The minimum Gasteiger partial charge on any atom is -0.423 e. The lowest BCUT2D eigenvalue weighted by Gasteiger charge is -2.29. The molecule has 0 saturated carbocycles. The molecule has 0 radical (unpaired) electrons. The molecule has 0 unspecified atom stereocenters. The molecule has 3 aromatic carbocycles. The largest absolute Gasteiger partial charge is 0.423 e. The number of aryl methyl sites for hydroxylation is 1. The van der Waals surface area contributed by atoms with Crippen LogP contribution in [0, 0.1) is 6.92 Å². The number of nitrogens with zero attached hydrogens (tertiary/aromatic N) is 8. The number of amides is 3. The number of morpholine rings is 1. The van der Waals surface area contributed by atoms with Crippen molar-refractivity contribution in [3.05, 3.63) is 169 Å². The Hall–Kier alpha value is -7.13. The van der Waals surface area contributed by atoms with E-state index in [9.17, 15) is 14.4 Å². The second kappa shape index (κ2) is 23.9. The third-order valence-electron chi connectivity index (χ3n) is 8.80. The second-order valence-corrected chi connectivity index (χ2v) is 16.7. The van der Waals surface area contributed by atoms with Gasteiger partial charge in [-0.25, -0.2) is 29.9 Å². The predicted molar refractivity (Wildman–Crippen MR) is 259 cm³/mol. The highest BCUT2D eigenvalue weighted by Crippen LogP contribution is 2.33. The molecule has 6 heterocycles. The Kier molecular flexibility index (Phi) is 17.0. The quantitative estimate of drug-likeness (QED) is 0.110. The van der Waals surface area contributed by atoms with E-state index in [1.54, 1.807) is 121 Å². The number of aromatic nitrogens is 7. The van der Waals surface area contributed by atoms with Crippen LogP contribution in [0.2, 0.25) is 15.1 Å². The number of halogens is 3. The molecule has 5 aromatic heterocycles. The van der Waals surface area contributed by atoms with Gasteiger partial charge in [0.05, 0.1) is 39.0 Å². The molecule has 0 atom stereocenters. The van der Waals surface area contributed by atoms with Gasteiger partial charge in [-0.1, -0.05) is 40.9 Å². The van der Waals surface area contributed by atoms with E-state index in [0.29, 0.717) is 73.2 Å². The Labute approximate surface area is 406 Å². The van der Waals surface area contributed by atoms with Gasteiger partial charge in [0.25, 0.3) is 17.7 Å². The van der Waals surface area contributed by atoms with Crippen LogP contribution in [-0.4, -0.2) is 78.9 Å². The first-order valence-corrected chi connectivity index (χ1v) is 22.7. The number of rotatable bonds is 11. The number of pyridine rings is 1. The molecule has 0 bridgehead atoms. The number of benzene rings is 3. The number of thiazole rings is 2. The smallest absolute Gasteiger partial charge is 0.321 e. The average Bonchev–Trinajstić information content (AvgIpc) is 4.06. The van der Waals surface area contributed by atoms with Crippen LogP contribution >= 0.6 is 57.5 Å². The van der Waals surface area contributed by atoms with Crippen LogP contribution in [0.3, 0.4) is 0 Å². The maximum Gasteiger partial charge on any atom is 0.321 e. The van der Waals surface area contributed by atoms with Crippen LogP contribution in [0.1, 0.15) is 35.8 Å². The minimum atomic E-state index is -0.287. The Bertz CT molecular complexity index is 2900. The number of anilines is 4. The van der Waals surface area contributed by atoms with Gasteiger partial charge in [-0.3, -0.25) is 19.4 Å². The van der Waals surface area contributed by atoms with Crippen LogP contribution in [-0.2, 0) is 4.74 Å². The normalized spacial score (nSPS) is 11.7.